The molecule has 2 heterocycles. The summed E-state index contributed by atoms with van der Waals surface area (Å²) in [6.45, 7) is 0.385. The highest BCUT2D eigenvalue weighted by molar-refractivity contribution is 6.07. The fourth-order valence-electron chi connectivity index (χ4n) is 2.40. The van der Waals surface area contributed by atoms with Gasteiger partial charge in [-0.1, -0.05) is 18.2 Å². The van der Waals surface area contributed by atoms with Crippen LogP contribution in [-0.4, -0.2) is 15.0 Å². The summed E-state index contributed by atoms with van der Waals surface area (Å²) in [5.41, 5.74) is 2.85. The van der Waals surface area contributed by atoms with Crippen LogP contribution in [0.25, 0.3) is 21.8 Å². The van der Waals surface area contributed by atoms with E-state index >= 15 is 0 Å². The Balaban J connectivity index is 1.66. The minimum atomic E-state index is 0.385. The molecule has 4 rings (SSSR count). The van der Waals surface area contributed by atoms with Crippen LogP contribution in [0.5, 0.6) is 5.75 Å². The molecule has 0 aliphatic heterocycles. The van der Waals surface area contributed by atoms with Crippen LogP contribution in [0, 0.1) is 6.07 Å². The molecule has 0 aliphatic carbocycles. The normalized spacial score (nSPS) is 11.0. The number of H-pyrrole nitrogens is 1. The molecule has 4 nitrogen and oxygen atoms in total. The van der Waals surface area contributed by atoms with E-state index in [1.54, 1.807) is 18.6 Å². The SMILES string of the molecule is [c]1c(OCc2cnccn2)ccc2c1[nH]c1ccccc12. The highest BCUT2D eigenvalue weighted by atomic mass is 16.5. The third-order valence-electron chi connectivity index (χ3n) is 3.39. The van der Waals surface area contributed by atoms with Gasteiger partial charge >= 0.3 is 0 Å². The molecule has 0 fully saturated rings. The highest BCUT2D eigenvalue weighted by Gasteiger charge is 2.05. The van der Waals surface area contributed by atoms with E-state index in [1.807, 2.05) is 18.2 Å². The van der Waals surface area contributed by atoms with Gasteiger partial charge in [-0.05, 0) is 18.2 Å². The van der Waals surface area contributed by atoms with Gasteiger partial charge in [0.05, 0.1) is 23.5 Å². The van der Waals surface area contributed by atoms with Crippen molar-refractivity contribution in [1.29, 1.82) is 0 Å². The number of aromatic amines is 1. The first kappa shape index (κ1) is 11.9. The summed E-state index contributed by atoms with van der Waals surface area (Å²) in [6, 6.07) is 15.5. The number of nitrogens with one attached hydrogen (secondary N) is 1. The molecular formula is C17H12N3O. The van der Waals surface area contributed by atoms with Crippen LogP contribution < -0.4 is 4.74 Å². The van der Waals surface area contributed by atoms with E-state index in [-0.39, 0.29) is 0 Å². The van der Waals surface area contributed by atoms with Crippen molar-refractivity contribution in [2.24, 2.45) is 0 Å². The second-order valence-corrected chi connectivity index (χ2v) is 4.77. The van der Waals surface area contributed by atoms with Gasteiger partial charge in [-0.25, -0.2) is 0 Å². The second-order valence-electron chi connectivity index (χ2n) is 4.77. The number of para-hydroxylation sites is 1. The van der Waals surface area contributed by atoms with Gasteiger partial charge < -0.3 is 9.72 Å². The van der Waals surface area contributed by atoms with Gasteiger partial charge in [0.25, 0.3) is 0 Å². The fraction of sp³-hybridized carbons (Fsp3) is 0.0588. The van der Waals surface area contributed by atoms with E-state index in [0.717, 1.165) is 22.1 Å². The molecule has 21 heavy (non-hydrogen) atoms. The van der Waals surface area contributed by atoms with Crippen molar-refractivity contribution in [2.75, 3.05) is 0 Å². The molecule has 101 valence electrons. The lowest BCUT2D eigenvalue weighted by atomic mass is 10.1. The first-order chi connectivity index (χ1) is 10.4. The summed E-state index contributed by atoms with van der Waals surface area (Å²) in [4.78, 5) is 11.6. The molecule has 2 aromatic carbocycles. The lowest BCUT2D eigenvalue weighted by molar-refractivity contribution is 0.300. The van der Waals surface area contributed by atoms with Gasteiger partial charge in [0, 0.05) is 28.7 Å². The van der Waals surface area contributed by atoms with Gasteiger partial charge in [0.1, 0.15) is 12.4 Å². The maximum atomic E-state index is 5.72. The summed E-state index contributed by atoms with van der Waals surface area (Å²) in [6.07, 6.45) is 5.00. The Morgan fingerprint density at radius 3 is 2.90 bits per heavy atom. The third kappa shape index (κ3) is 2.21. The maximum Gasteiger partial charge on any atom is 0.132 e. The van der Waals surface area contributed by atoms with Crippen molar-refractivity contribution in [1.82, 2.24) is 15.0 Å². The molecule has 0 aliphatic rings. The van der Waals surface area contributed by atoms with E-state index in [1.165, 1.54) is 5.39 Å². The van der Waals surface area contributed by atoms with Gasteiger partial charge in [-0.3, -0.25) is 9.97 Å². The standard InChI is InChI=1S/C17H12N3O/c1-2-4-16-14(3-1)15-6-5-13(9-17(15)20-16)21-11-12-10-18-7-8-19-12/h1-8,10,20H,11H2. The Morgan fingerprint density at radius 2 is 2.00 bits per heavy atom. The van der Waals surface area contributed by atoms with Gasteiger partial charge in [-0.15, -0.1) is 0 Å². The van der Waals surface area contributed by atoms with Crippen molar-refractivity contribution >= 4 is 21.8 Å². The van der Waals surface area contributed by atoms with E-state index in [2.05, 4.69) is 39.2 Å². The van der Waals surface area contributed by atoms with Gasteiger partial charge in [0.2, 0.25) is 0 Å². The zero-order valence-corrected chi connectivity index (χ0v) is 11.2. The summed E-state index contributed by atoms with van der Waals surface area (Å²) in [5.74, 6) is 0.694. The minimum Gasteiger partial charge on any atom is -0.487 e. The van der Waals surface area contributed by atoms with Crippen LogP contribution >= 0.6 is 0 Å². The number of ether oxygens (including phenoxy) is 1. The molecule has 0 amide bonds. The van der Waals surface area contributed by atoms with Crippen molar-refractivity contribution in [2.45, 2.75) is 6.61 Å². The zero-order chi connectivity index (χ0) is 14.1. The predicted molar refractivity (Wildman–Crippen MR) is 81.0 cm³/mol. The van der Waals surface area contributed by atoms with Gasteiger partial charge in [-0.2, -0.15) is 0 Å². The smallest absolute Gasteiger partial charge is 0.132 e. The van der Waals surface area contributed by atoms with Crippen molar-refractivity contribution in [3.8, 4) is 5.75 Å². The third-order valence-corrected chi connectivity index (χ3v) is 3.39. The Kier molecular flexibility index (Phi) is 2.78. The minimum absolute atomic E-state index is 0.385. The first-order valence-electron chi connectivity index (χ1n) is 6.70. The van der Waals surface area contributed by atoms with Crippen LogP contribution in [-0.2, 0) is 6.61 Å². The molecule has 0 unspecified atom stereocenters. The summed E-state index contributed by atoms with van der Waals surface area (Å²) < 4.78 is 5.72. The molecule has 0 atom stereocenters. The number of nitrogens with zero attached hydrogens (tertiary/aromatic N) is 2. The van der Waals surface area contributed by atoms with E-state index < -0.39 is 0 Å². The van der Waals surface area contributed by atoms with Crippen molar-refractivity contribution in [3.05, 3.63) is 66.7 Å². The molecular weight excluding hydrogens is 262 g/mol. The molecule has 1 N–H and O–H groups in total. The lowest BCUT2D eigenvalue weighted by Crippen LogP contribution is -1.98. The van der Waals surface area contributed by atoms with Crippen molar-refractivity contribution < 1.29 is 4.74 Å². The number of fused-ring (bicyclic) bond motifs is 3. The number of aromatic nitrogens is 3. The van der Waals surface area contributed by atoms with Crippen LogP contribution in [0.4, 0.5) is 0 Å². The first-order valence-corrected chi connectivity index (χ1v) is 6.70. The predicted octanol–water partition coefficient (Wildman–Crippen LogP) is 3.49. The topological polar surface area (TPSA) is 50.8 Å². The Labute approximate surface area is 121 Å². The summed E-state index contributed by atoms with van der Waals surface area (Å²) in [5, 5.41) is 2.35. The summed E-state index contributed by atoms with van der Waals surface area (Å²) >= 11 is 0. The molecule has 4 heteroatoms. The van der Waals surface area contributed by atoms with Crippen LogP contribution in [0.1, 0.15) is 5.69 Å². The average molecular weight is 274 g/mol. The zero-order valence-electron chi connectivity index (χ0n) is 11.2. The number of hydrogen-bond donors (Lipinski definition) is 1. The van der Waals surface area contributed by atoms with Crippen LogP contribution in [0.2, 0.25) is 0 Å². The van der Waals surface area contributed by atoms with Crippen LogP contribution in [0.15, 0.2) is 55.0 Å². The second kappa shape index (κ2) is 4.90. The van der Waals surface area contributed by atoms with Gasteiger partial charge in [0.15, 0.2) is 0 Å². The molecule has 0 saturated heterocycles. The number of rotatable bonds is 3. The monoisotopic (exact) mass is 274 g/mol. The summed E-state index contributed by atoms with van der Waals surface area (Å²) in [7, 11) is 0. The average Bonchev–Trinajstić information content (AvgIpc) is 2.91. The van der Waals surface area contributed by atoms with E-state index in [0.29, 0.717) is 12.4 Å². The molecule has 1 radical (unpaired) electrons. The largest absolute Gasteiger partial charge is 0.487 e. The van der Waals surface area contributed by atoms with Crippen LogP contribution in [0.3, 0.4) is 0 Å². The molecule has 0 spiro atoms. The fourth-order valence-corrected chi connectivity index (χ4v) is 2.40. The Bertz CT molecular complexity index is 900. The van der Waals surface area contributed by atoms with E-state index in [4.69, 9.17) is 4.74 Å². The Hall–Kier alpha value is -2.88. The highest BCUT2D eigenvalue weighted by Crippen LogP contribution is 2.27. The van der Waals surface area contributed by atoms with Crippen molar-refractivity contribution in [3.63, 3.8) is 0 Å². The number of benzene rings is 2. The molecule has 4 aromatic rings. The quantitative estimate of drug-likeness (QED) is 0.622. The Morgan fingerprint density at radius 1 is 1.05 bits per heavy atom. The van der Waals surface area contributed by atoms with E-state index in [9.17, 15) is 0 Å². The number of hydrogen-bond acceptors (Lipinski definition) is 3. The molecule has 0 bridgehead atoms. The maximum absolute atomic E-state index is 5.72. The molecule has 2 aromatic heterocycles. The molecule has 0 saturated carbocycles. The lowest BCUT2D eigenvalue weighted by Gasteiger charge is -2.04.